The molecule has 0 saturated carbocycles. The zero-order valence-electron chi connectivity index (χ0n) is 14.3. The van der Waals surface area contributed by atoms with Crippen LogP contribution in [0.5, 0.6) is 0 Å². The van der Waals surface area contributed by atoms with Gasteiger partial charge in [0.05, 0.1) is 0 Å². The molecule has 2 heteroatoms. The first kappa shape index (κ1) is 16.5. The quantitative estimate of drug-likeness (QED) is 0.857. The minimum Gasteiger partial charge on any atom is -0.312 e. The number of nitrogens with one attached hydrogen (secondary N) is 1. The summed E-state index contributed by atoms with van der Waals surface area (Å²) in [5.41, 5.74) is 3.10. The molecule has 2 rings (SSSR count). The minimum absolute atomic E-state index is 0.207. The summed E-state index contributed by atoms with van der Waals surface area (Å²) < 4.78 is 0. The lowest BCUT2D eigenvalue weighted by Gasteiger charge is -2.46. The SMILES string of the molecule is CCNC(Cc1ccccc1C)C(C)(C)N1CCCCC1. The van der Waals surface area contributed by atoms with E-state index in [0.717, 1.165) is 13.0 Å². The van der Waals surface area contributed by atoms with E-state index in [4.69, 9.17) is 0 Å². The molecule has 1 aromatic carbocycles. The summed E-state index contributed by atoms with van der Waals surface area (Å²) >= 11 is 0. The number of rotatable bonds is 6. The number of likely N-dealkylation sites (tertiary alicyclic amines) is 1. The lowest BCUT2D eigenvalue weighted by Crippen LogP contribution is -2.59. The van der Waals surface area contributed by atoms with Gasteiger partial charge in [-0.05, 0) is 70.8 Å². The lowest BCUT2D eigenvalue weighted by molar-refractivity contribution is 0.0615. The predicted octanol–water partition coefficient (Wildman–Crippen LogP) is 3.78. The summed E-state index contributed by atoms with van der Waals surface area (Å²) in [5.74, 6) is 0. The maximum atomic E-state index is 3.75. The van der Waals surface area contributed by atoms with Gasteiger partial charge in [0.2, 0.25) is 0 Å². The van der Waals surface area contributed by atoms with Crippen molar-refractivity contribution in [3.8, 4) is 0 Å². The van der Waals surface area contributed by atoms with Gasteiger partial charge in [0.15, 0.2) is 0 Å². The van der Waals surface area contributed by atoms with Crippen LogP contribution in [0.3, 0.4) is 0 Å². The normalized spacial score (nSPS) is 18.7. The molecule has 0 spiro atoms. The molecule has 0 aromatic heterocycles. The van der Waals surface area contributed by atoms with E-state index in [1.165, 1.54) is 43.5 Å². The van der Waals surface area contributed by atoms with Crippen molar-refractivity contribution in [2.24, 2.45) is 0 Å². The van der Waals surface area contributed by atoms with Crippen molar-refractivity contribution >= 4 is 0 Å². The second kappa shape index (κ2) is 7.42. The van der Waals surface area contributed by atoms with E-state index in [1.54, 1.807) is 0 Å². The van der Waals surface area contributed by atoms with Crippen LogP contribution in [0.25, 0.3) is 0 Å². The van der Waals surface area contributed by atoms with Crippen LogP contribution < -0.4 is 5.32 Å². The van der Waals surface area contributed by atoms with Gasteiger partial charge in [-0.15, -0.1) is 0 Å². The lowest BCUT2D eigenvalue weighted by atomic mass is 9.85. The Labute approximate surface area is 130 Å². The standard InChI is InChI=1S/C19H32N2/c1-5-20-18(15-17-12-8-7-11-16(17)2)19(3,4)21-13-9-6-10-14-21/h7-8,11-12,18,20H,5-6,9-10,13-15H2,1-4H3. The van der Waals surface area contributed by atoms with Crippen LogP contribution >= 0.6 is 0 Å². The fourth-order valence-corrected chi connectivity index (χ4v) is 3.57. The first-order valence-electron chi connectivity index (χ1n) is 8.58. The third-order valence-electron chi connectivity index (χ3n) is 5.16. The predicted molar refractivity (Wildman–Crippen MR) is 91.9 cm³/mol. The Morgan fingerprint density at radius 1 is 1.14 bits per heavy atom. The molecular weight excluding hydrogens is 256 g/mol. The van der Waals surface area contributed by atoms with Gasteiger partial charge in [-0.1, -0.05) is 37.6 Å². The summed E-state index contributed by atoms with van der Waals surface area (Å²) in [5, 5.41) is 3.75. The highest BCUT2D eigenvalue weighted by Gasteiger charge is 2.35. The summed E-state index contributed by atoms with van der Waals surface area (Å²) in [6.45, 7) is 12.8. The molecule has 0 amide bonds. The molecule has 0 bridgehead atoms. The fraction of sp³-hybridized carbons (Fsp3) is 0.684. The van der Waals surface area contributed by atoms with Crippen molar-refractivity contribution in [3.63, 3.8) is 0 Å². The van der Waals surface area contributed by atoms with Crippen molar-refractivity contribution < 1.29 is 0 Å². The van der Waals surface area contributed by atoms with E-state index in [2.05, 4.69) is 62.2 Å². The van der Waals surface area contributed by atoms with Gasteiger partial charge in [-0.2, -0.15) is 0 Å². The second-order valence-electron chi connectivity index (χ2n) is 6.94. The first-order chi connectivity index (χ1) is 10.1. The van der Waals surface area contributed by atoms with Crippen LogP contribution in [0.15, 0.2) is 24.3 Å². The summed E-state index contributed by atoms with van der Waals surface area (Å²) in [4.78, 5) is 2.70. The molecule has 1 fully saturated rings. The number of benzene rings is 1. The Hall–Kier alpha value is -0.860. The molecule has 1 saturated heterocycles. The highest BCUT2D eigenvalue weighted by molar-refractivity contribution is 5.27. The average Bonchev–Trinajstić information content (AvgIpc) is 2.50. The van der Waals surface area contributed by atoms with Gasteiger partial charge >= 0.3 is 0 Å². The monoisotopic (exact) mass is 288 g/mol. The van der Waals surface area contributed by atoms with Gasteiger partial charge < -0.3 is 5.32 Å². The molecule has 21 heavy (non-hydrogen) atoms. The number of nitrogens with zero attached hydrogens (tertiary/aromatic N) is 1. The smallest absolute Gasteiger partial charge is 0.0309 e. The van der Waals surface area contributed by atoms with E-state index in [1.807, 2.05) is 0 Å². The molecule has 1 unspecified atom stereocenters. The Bertz CT molecular complexity index is 433. The fourth-order valence-electron chi connectivity index (χ4n) is 3.57. The number of aryl methyl sites for hydroxylation is 1. The molecule has 118 valence electrons. The van der Waals surface area contributed by atoms with E-state index in [-0.39, 0.29) is 5.54 Å². The van der Waals surface area contributed by atoms with Crippen LogP contribution in [0.4, 0.5) is 0 Å². The number of hydrogen-bond acceptors (Lipinski definition) is 2. The third kappa shape index (κ3) is 4.08. The maximum absolute atomic E-state index is 3.75. The van der Waals surface area contributed by atoms with Gasteiger partial charge in [-0.25, -0.2) is 0 Å². The summed E-state index contributed by atoms with van der Waals surface area (Å²) in [7, 11) is 0. The van der Waals surface area contributed by atoms with Gasteiger partial charge in [0.1, 0.15) is 0 Å². The topological polar surface area (TPSA) is 15.3 Å². The van der Waals surface area contributed by atoms with Crippen LogP contribution in [0, 0.1) is 6.92 Å². The van der Waals surface area contributed by atoms with Crippen LogP contribution in [-0.2, 0) is 6.42 Å². The van der Waals surface area contributed by atoms with E-state index < -0.39 is 0 Å². The second-order valence-corrected chi connectivity index (χ2v) is 6.94. The van der Waals surface area contributed by atoms with Crippen LogP contribution in [0.2, 0.25) is 0 Å². The van der Waals surface area contributed by atoms with Gasteiger partial charge in [-0.3, -0.25) is 4.90 Å². The number of hydrogen-bond donors (Lipinski definition) is 1. The van der Waals surface area contributed by atoms with Crippen molar-refractivity contribution in [1.82, 2.24) is 10.2 Å². The van der Waals surface area contributed by atoms with Crippen molar-refractivity contribution in [3.05, 3.63) is 35.4 Å². The van der Waals surface area contributed by atoms with E-state index >= 15 is 0 Å². The van der Waals surface area contributed by atoms with Crippen molar-refractivity contribution in [2.45, 2.75) is 65.0 Å². The molecular formula is C19H32N2. The largest absolute Gasteiger partial charge is 0.312 e. The zero-order valence-corrected chi connectivity index (χ0v) is 14.3. The summed E-state index contributed by atoms with van der Waals surface area (Å²) in [6, 6.07) is 9.32. The molecule has 1 N–H and O–H groups in total. The molecule has 0 radical (unpaired) electrons. The first-order valence-corrected chi connectivity index (χ1v) is 8.58. The van der Waals surface area contributed by atoms with Gasteiger partial charge in [0, 0.05) is 11.6 Å². The third-order valence-corrected chi connectivity index (χ3v) is 5.16. The zero-order chi connectivity index (χ0) is 15.3. The molecule has 0 aliphatic carbocycles. The van der Waals surface area contributed by atoms with E-state index in [0.29, 0.717) is 6.04 Å². The van der Waals surface area contributed by atoms with Crippen molar-refractivity contribution in [1.29, 1.82) is 0 Å². The Balaban J connectivity index is 2.15. The number of likely N-dealkylation sites (N-methyl/N-ethyl adjacent to an activating group) is 1. The minimum atomic E-state index is 0.207. The number of piperidine rings is 1. The highest BCUT2D eigenvalue weighted by Crippen LogP contribution is 2.26. The van der Waals surface area contributed by atoms with Gasteiger partial charge in [0.25, 0.3) is 0 Å². The molecule has 1 heterocycles. The molecule has 1 atom stereocenters. The Morgan fingerprint density at radius 2 is 1.81 bits per heavy atom. The van der Waals surface area contributed by atoms with E-state index in [9.17, 15) is 0 Å². The Kier molecular flexibility index (Phi) is 5.83. The molecule has 1 aliphatic heterocycles. The summed E-state index contributed by atoms with van der Waals surface area (Å²) in [6.07, 6.45) is 5.22. The highest BCUT2D eigenvalue weighted by atomic mass is 15.2. The molecule has 1 aliphatic rings. The average molecular weight is 288 g/mol. The van der Waals surface area contributed by atoms with Crippen LogP contribution in [-0.4, -0.2) is 36.1 Å². The van der Waals surface area contributed by atoms with Crippen LogP contribution in [0.1, 0.15) is 51.2 Å². The molecule has 2 nitrogen and oxygen atoms in total. The molecule has 1 aromatic rings. The Morgan fingerprint density at radius 3 is 2.43 bits per heavy atom. The maximum Gasteiger partial charge on any atom is 0.0309 e. The van der Waals surface area contributed by atoms with Crippen molar-refractivity contribution in [2.75, 3.05) is 19.6 Å².